The first-order chi connectivity index (χ1) is 17.4. The van der Waals surface area contributed by atoms with Crippen molar-refractivity contribution in [3.8, 4) is 23.0 Å². The maximum atomic E-state index is 13.1. The first-order valence-electron chi connectivity index (χ1n) is 10.6. The van der Waals surface area contributed by atoms with Crippen LogP contribution in [0, 0.1) is 10.1 Å². The van der Waals surface area contributed by atoms with Gasteiger partial charge in [0.15, 0.2) is 27.3 Å². The van der Waals surface area contributed by atoms with Gasteiger partial charge in [0.2, 0.25) is 6.79 Å². The van der Waals surface area contributed by atoms with E-state index in [1.165, 1.54) is 35.9 Å². The molecule has 0 N–H and O–H groups in total. The SMILES string of the molecule is COc1cc(/C=C2/SC(=S)N(c3ccc4c(c3)OCO4)C2=O)ccc1OCc1ccc([N+](=O)[O-])cc1. The lowest BCUT2D eigenvalue weighted by atomic mass is 10.1. The molecule has 0 radical (unpaired) electrons. The van der Waals surface area contributed by atoms with Crippen LogP contribution in [0.4, 0.5) is 11.4 Å². The number of benzene rings is 3. The maximum Gasteiger partial charge on any atom is 0.270 e. The molecule has 1 amide bonds. The third-order valence-electron chi connectivity index (χ3n) is 5.44. The van der Waals surface area contributed by atoms with Crippen LogP contribution in [-0.4, -0.2) is 29.1 Å². The predicted octanol–water partition coefficient (Wildman–Crippen LogP) is 5.32. The van der Waals surface area contributed by atoms with Crippen LogP contribution in [0.5, 0.6) is 23.0 Å². The lowest BCUT2D eigenvalue weighted by Gasteiger charge is -2.14. The molecule has 11 heteroatoms. The summed E-state index contributed by atoms with van der Waals surface area (Å²) in [6, 6.07) is 16.7. The van der Waals surface area contributed by atoms with Crippen LogP contribution in [0.1, 0.15) is 11.1 Å². The number of rotatable bonds is 7. The highest BCUT2D eigenvalue weighted by Gasteiger charge is 2.34. The zero-order valence-corrected chi connectivity index (χ0v) is 20.5. The first kappa shape index (κ1) is 23.6. The van der Waals surface area contributed by atoms with E-state index in [1.807, 2.05) is 0 Å². The van der Waals surface area contributed by atoms with Gasteiger partial charge in [0.25, 0.3) is 11.6 Å². The monoisotopic (exact) mass is 522 g/mol. The molecule has 36 heavy (non-hydrogen) atoms. The Labute approximate surface area is 215 Å². The van der Waals surface area contributed by atoms with E-state index in [2.05, 4.69) is 0 Å². The fourth-order valence-corrected chi connectivity index (χ4v) is 4.93. The molecular weight excluding hydrogens is 504 g/mol. The van der Waals surface area contributed by atoms with E-state index in [0.717, 1.165) is 11.1 Å². The van der Waals surface area contributed by atoms with Gasteiger partial charge < -0.3 is 18.9 Å². The van der Waals surface area contributed by atoms with E-state index >= 15 is 0 Å². The number of nitrogens with zero attached hydrogens (tertiary/aromatic N) is 2. The molecule has 9 nitrogen and oxygen atoms in total. The van der Waals surface area contributed by atoms with Crippen LogP contribution >= 0.6 is 24.0 Å². The summed E-state index contributed by atoms with van der Waals surface area (Å²) in [5.41, 5.74) is 2.14. The second kappa shape index (κ2) is 9.88. The number of hydrogen-bond donors (Lipinski definition) is 0. The summed E-state index contributed by atoms with van der Waals surface area (Å²) in [4.78, 5) is 25.4. The van der Waals surface area contributed by atoms with Gasteiger partial charge in [0.1, 0.15) is 6.61 Å². The van der Waals surface area contributed by atoms with Gasteiger partial charge in [-0.1, -0.05) is 30.0 Å². The van der Waals surface area contributed by atoms with E-state index in [-0.39, 0.29) is 25.0 Å². The largest absolute Gasteiger partial charge is 0.493 e. The van der Waals surface area contributed by atoms with Crippen LogP contribution in [0.2, 0.25) is 0 Å². The number of thiocarbonyl (C=S) groups is 1. The molecular formula is C25H18N2O7S2. The van der Waals surface area contributed by atoms with Crippen molar-refractivity contribution in [1.82, 2.24) is 0 Å². The Hall–Kier alpha value is -4.09. The molecule has 0 saturated carbocycles. The van der Waals surface area contributed by atoms with E-state index in [0.29, 0.717) is 37.9 Å². The number of fused-ring (bicyclic) bond motifs is 1. The van der Waals surface area contributed by atoms with Crippen LogP contribution < -0.4 is 23.8 Å². The van der Waals surface area contributed by atoms with Gasteiger partial charge in [0, 0.05) is 18.2 Å². The summed E-state index contributed by atoms with van der Waals surface area (Å²) in [5, 5.41) is 10.8. The fraction of sp³-hybridized carbons (Fsp3) is 0.120. The van der Waals surface area contributed by atoms with Crippen LogP contribution in [-0.2, 0) is 11.4 Å². The second-order valence-corrected chi connectivity index (χ2v) is 9.35. The van der Waals surface area contributed by atoms with Crippen molar-refractivity contribution in [3.63, 3.8) is 0 Å². The molecule has 5 rings (SSSR count). The highest BCUT2D eigenvalue weighted by molar-refractivity contribution is 8.27. The average molecular weight is 523 g/mol. The highest BCUT2D eigenvalue weighted by Crippen LogP contribution is 2.41. The third-order valence-corrected chi connectivity index (χ3v) is 6.74. The maximum absolute atomic E-state index is 13.1. The summed E-state index contributed by atoms with van der Waals surface area (Å²) in [6.45, 7) is 0.356. The minimum Gasteiger partial charge on any atom is -0.493 e. The molecule has 2 aliphatic heterocycles. The van der Waals surface area contributed by atoms with E-state index in [4.69, 9.17) is 31.2 Å². The minimum atomic E-state index is -0.449. The fourth-order valence-electron chi connectivity index (χ4n) is 3.63. The molecule has 0 aromatic heterocycles. The molecule has 0 unspecified atom stereocenters. The number of carbonyl (C=O) groups is 1. The van der Waals surface area contributed by atoms with Crippen molar-refractivity contribution in [1.29, 1.82) is 0 Å². The van der Waals surface area contributed by atoms with E-state index < -0.39 is 4.92 Å². The number of hydrogen-bond acceptors (Lipinski definition) is 9. The van der Waals surface area contributed by atoms with Gasteiger partial charge in [-0.15, -0.1) is 0 Å². The lowest BCUT2D eigenvalue weighted by molar-refractivity contribution is -0.384. The van der Waals surface area contributed by atoms with Crippen LogP contribution in [0.25, 0.3) is 6.08 Å². The Morgan fingerprint density at radius 2 is 1.86 bits per heavy atom. The number of methoxy groups -OCH3 is 1. The highest BCUT2D eigenvalue weighted by atomic mass is 32.2. The Kier molecular flexibility index (Phi) is 6.49. The summed E-state index contributed by atoms with van der Waals surface area (Å²) in [6.07, 6.45) is 1.74. The van der Waals surface area contributed by atoms with Gasteiger partial charge in [-0.05, 0) is 53.6 Å². The number of ether oxygens (including phenoxy) is 4. The zero-order chi connectivity index (χ0) is 25.2. The van der Waals surface area contributed by atoms with Gasteiger partial charge in [-0.25, -0.2) is 0 Å². The van der Waals surface area contributed by atoms with Crippen molar-refractivity contribution in [3.05, 3.63) is 86.8 Å². The van der Waals surface area contributed by atoms with E-state index in [9.17, 15) is 14.9 Å². The number of nitro groups is 1. The van der Waals surface area contributed by atoms with Gasteiger partial charge >= 0.3 is 0 Å². The van der Waals surface area contributed by atoms with Crippen molar-refractivity contribution in [2.75, 3.05) is 18.8 Å². The van der Waals surface area contributed by atoms with Crippen LogP contribution in [0.3, 0.4) is 0 Å². The quantitative estimate of drug-likeness (QED) is 0.177. The molecule has 0 spiro atoms. The standard InChI is InChI=1S/C25H18N2O7S2/c1-31-21-10-16(4-8-19(21)32-13-15-2-5-17(6-3-15)27(29)30)11-23-24(28)26(25(35)36-23)18-7-9-20-22(12-18)34-14-33-20/h2-12H,13-14H2,1H3/b23-11+. The average Bonchev–Trinajstić information content (AvgIpc) is 3.46. The van der Waals surface area contributed by atoms with Crippen molar-refractivity contribution in [2.24, 2.45) is 0 Å². The van der Waals surface area contributed by atoms with Crippen LogP contribution in [0.15, 0.2) is 65.6 Å². The summed E-state index contributed by atoms with van der Waals surface area (Å²) < 4.78 is 22.5. The normalized spacial score (nSPS) is 15.5. The number of non-ortho nitro benzene ring substituents is 1. The molecule has 2 heterocycles. The molecule has 1 fully saturated rings. The number of amides is 1. The molecule has 1 saturated heterocycles. The molecule has 2 aliphatic rings. The summed E-state index contributed by atoms with van der Waals surface area (Å²) >= 11 is 6.68. The zero-order valence-electron chi connectivity index (χ0n) is 18.8. The van der Waals surface area contributed by atoms with Gasteiger partial charge in [-0.3, -0.25) is 19.8 Å². The lowest BCUT2D eigenvalue weighted by Crippen LogP contribution is -2.27. The topological polar surface area (TPSA) is 100 Å². The number of nitro benzene ring substituents is 1. The number of thioether (sulfide) groups is 1. The van der Waals surface area contributed by atoms with Crippen molar-refractivity contribution < 1.29 is 28.7 Å². The first-order valence-corrected chi connectivity index (χ1v) is 11.9. The molecule has 0 bridgehead atoms. The summed E-state index contributed by atoms with van der Waals surface area (Å²) in [7, 11) is 1.52. The molecule has 3 aromatic carbocycles. The Morgan fingerprint density at radius 1 is 1.08 bits per heavy atom. The number of anilines is 1. The Balaban J connectivity index is 1.31. The van der Waals surface area contributed by atoms with Crippen molar-refractivity contribution >= 4 is 51.7 Å². The van der Waals surface area contributed by atoms with Gasteiger partial charge in [-0.2, -0.15) is 0 Å². The third kappa shape index (κ3) is 4.70. The molecule has 0 aliphatic carbocycles. The van der Waals surface area contributed by atoms with Gasteiger partial charge in [0.05, 0.1) is 22.6 Å². The van der Waals surface area contributed by atoms with Crippen molar-refractivity contribution in [2.45, 2.75) is 6.61 Å². The predicted molar refractivity (Wildman–Crippen MR) is 139 cm³/mol. The number of carbonyl (C=O) groups excluding carboxylic acids is 1. The summed E-state index contributed by atoms with van der Waals surface area (Å²) in [5.74, 6) is 1.95. The smallest absolute Gasteiger partial charge is 0.270 e. The van der Waals surface area contributed by atoms with E-state index in [1.54, 1.807) is 54.6 Å². The molecule has 182 valence electrons. The minimum absolute atomic E-state index is 0.0182. The Morgan fingerprint density at radius 3 is 2.61 bits per heavy atom. The second-order valence-electron chi connectivity index (χ2n) is 7.68. The molecule has 3 aromatic rings. The Bertz CT molecular complexity index is 1410. The molecule has 0 atom stereocenters.